The maximum absolute atomic E-state index is 6.70. The van der Waals surface area contributed by atoms with Gasteiger partial charge in [-0.05, 0) is 23.5 Å². The number of nitrogens with zero attached hydrogens (tertiary/aromatic N) is 1. The first-order chi connectivity index (χ1) is 7.87. The van der Waals surface area contributed by atoms with Crippen LogP contribution in [0.15, 0.2) is 5.38 Å². The Morgan fingerprint density at radius 2 is 2.12 bits per heavy atom. The SMILES string of the molecule is CC(C)c1csc(C2(N)CSCCC2(C)C)n1. The predicted octanol–water partition coefficient (Wildman–Crippen LogP) is 3.58. The predicted molar refractivity (Wildman–Crippen MR) is 77.8 cm³/mol. The zero-order valence-corrected chi connectivity index (χ0v) is 12.8. The molecule has 2 N–H and O–H groups in total. The summed E-state index contributed by atoms with van der Waals surface area (Å²) in [6, 6.07) is 0. The number of rotatable bonds is 2. The van der Waals surface area contributed by atoms with Crippen LogP contribution in [0.5, 0.6) is 0 Å². The molecule has 1 unspecified atom stereocenters. The highest BCUT2D eigenvalue weighted by Crippen LogP contribution is 2.47. The van der Waals surface area contributed by atoms with Crippen LogP contribution in [-0.2, 0) is 5.54 Å². The average Bonchev–Trinajstić information content (AvgIpc) is 2.72. The highest BCUT2D eigenvalue weighted by molar-refractivity contribution is 7.99. The molecule has 1 fully saturated rings. The average molecular weight is 270 g/mol. The molecule has 1 aromatic rings. The quantitative estimate of drug-likeness (QED) is 0.892. The number of hydrogen-bond donors (Lipinski definition) is 1. The van der Waals surface area contributed by atoms with Crippen LogP contribution in [0.1, 0.15) is 50.7 Å². The maximum Gasteiger partial charge on any atom is 0.114 e. The smallest absolute Gasteiger partial charge is 0.114 e. The molecule has 1 aliphatic rings. The van der Waals surface area contributed by atoms with Crippen molar-refractivity contribution in [3.63, 3.8) is 0 Å². The second kappa shape index (κ2) is 4.56. The van der Waals surface area contributed by atoms with Crippen molar-refractivity contribution >= 4 is 23.1 Å². The Hall–Kier alpha value is -0.0600. The van der Waals surface area contributed by atoms with E-state index in [1.165, 1.54) is 17.9 Å². The van der Waals surface area contributed by atoms with Crippen molar-refractivity contribution < 1.29 is 0 Å². The molecule has 0 aromatic carbocycles. The third-order valence-electron chi connectivity index (χ3n) is 3.90. The van der Waals surface area contributed by atoms with Gasteiger partial charge in [0.05, 0.1) is 11.2 Å². The summed E-state index contributed by atoms with van der Waals surface area (Å²) in [4.78, 5) is 4.78. The number of thioether (sulfide) groups is 1. The van der Waals surface area contributed by atoms with Crippen LogP contribution < -0.4 is 5.73 Å². The van der Waals surface area contributed by atoms with E-state index < -0.39 is 0 Å². The molecule has 17 heavy (non-hydrogen) atoms. The second-order valence-electron chi connectivity index (χ2n) is 5.89. The molecule has 4 heteroatoms. The van der Waals surface area contributed by atoms with Crippen LogP contribution in [0.2, 0.25) is 0 Å². The van der Waals surface area contributed by atoms with Crippen LogP contribution >= 0.6 is 23.1 Å². The molecular formula is C13H22N2S2. The fourth-order valence-electron chi connectivity index (χ4n) is 2.09. The molecule has 0 amide bonds. The van der Waals surface area contributed by atoms with Crippen molar-refractivity contribution in [1.29, 1.82) is 0 Å². The minimum Gasteiger partial charge on any atom is -0.318 e. The van der Waals surface area contributed by atoms with Gasteiger partial charge in [0.15, 0.2) is 0 Å². The first-order valence-electron chi connectivity index (χ1n) is 6.19. The van der Waals surface area contributed by atoms with E-state index in [9.17, 15) is 0 Å². The monoisotopic (exact) mass is 270 g/mol. The van der Waals surface area contributed by atoms with E-state index in [0.717, 1.165) is 10.8 Å². The number of nitrogens with two attached hydrogens (primary N) is 1. The van der Waals surface area contributed by atoms with E-state index >= 15 is 0 Å². The fourth-order valence-corrected chi connectivity index (χ4v) is 5.10. The van der Waals surface area contributed by atoms with Gasteiger partial charge in [0.2, 0.25) is 0 Å². The van der Waals surface area contributed by atoms with Crippen LogP contribution in [0.25, 0.3) is 0 Å². The summed E-state index contributed by atoms with van der Waals surface area (Å²) in [5.41, 5.74) is 7.77. The molecule has 2 rings (SSSR count). The first kappa shape index (κ1) is 13.4. The Morgan fingerprint density at radius 3 is 2.65 bits per heavy atom. The summed E-state index contributed by atoms with van der Waals surface area (Å²) in [5.74, 6) is 2.70. The highest BCUT2D eigenvalue weighted by Gasteiger charge is 2.47. The van der Waals surface area contributed by atoms with E-state index in [4.69, 9.17) is 10.7 Å². The van der Waals surface area contributed by atoms with Gasteiger partial charge in [-0.25, -0.2) is 4.98 Å². The molecule has 0 aliphatic carbocycles. The minimum atomic E-state index is -0.256. The Balaban J connectivity index is 2.35. The molecule has 0 spiro atoms. The Bertz CT molecular complexity index is 398. The van der Waals surface area contributed by atoms with Crippen molar-refractivity contribution in [3.05, 3.63) is 16.1 Å². The number of thiazole rings is 1. The van der Waals surface area contributed by atoms with E-state index in [2.05, 4.69) is 33.1 Å². The van der Waals surface area contributed by atoms with E-state index in [1.54, 1.807) is 11.3 Å². The Kier molecular flexibility index (Phi) is 3.59. The number of hydrogen-bond acceptors (Lipinski definition) is 4. The Labute approximate surface area is 112 Å². The summed E-state index contributed by atoms with van der Waals surface area (Å²) >= 11 is 3.69. The van der Waals surface area contributed by atoms with Gasteiger partial charge in [-0.3, -0.25) is 0 Å². The summed E-state index contributed by atoms with van der Waals surface area (Å²) in [5, 5.41) is 3.29. The molecule has 0 radical (unpaired) electrons. The normalized spacial score (nSPS) is 28.6. The summed E-state index contributed by atoms with van der Waals surface area (Å²) in [6.45, 7) is 8.93. The van der Waals surface area contributed by atoms with Crippen molar-refractivity contribution in [2.24, 2.45) is 11.1 Å². The van der Waals surface area contributed by atoms with Gasteiger partial charge in [0.1, 0.15) is 5.01 Å². The van der Waals surface area contributed by atoms with Gasteiger partial charge < -0.3 is 5.73 Å². The first-order valence-corrected chi connectivity index (χ1v) is 8.23. The third-order valence-corrected chi connectivity index (χ3v) is 6.09. The van der Waals surface area contributed by atoms with Gasteiger partial charge >= 0.3 is 0 Å². The molecule has 2 heterocycles. The summed E-state index contributed by atoms with van der Waals surface area (Å²) in [7, 11) is 0. The molecule has 1 aromatic heterocycles. The molecule has 2 nitrogen and oxygen atoms in total. The number of aromatic nitrogens is 1. The lowest BCUT2D eigenvalue weighted by atomic mass is 9.72. The van der Waals surface area contributed by atoms with Gasteiger partial charge in [0, 0.05) is 11.1 Å². The van der Waals surface area contributed by atoms with E-state index in [-0.39, 0.29) is 11.0 Å². The van der Waals surface area contributed by atoms with Crippen LogP contribution in [-0.4, -0.2) is 16.5 Å². The third kappa shape index (κ3) is 2.27. The zero-order chi connectivity index (χ0) is 12.7. The van der Waals surface area contributed by atoms with Crippen LogP contribution in [0.4, 0.5) is 0 Å². The summed E-state index contributed by atoms with van der Waals surface area (Å²) in [6.07, 6.45) is 1.17. The second-order valence-corrected chi connectivity index (χ2v) is 7.85. The maximum atomic E-state index is 6.70. The molecule has 0 bridgehead atoms. The van der Waals surface area contributed by atoms with E-state index in [1.807, 2.05) is 11.8 Å². The standard InChI is InChI=1S/C13H22N2S2/c1-9(2)10-7-17-11(15-10)13(14)8-16-6-5-12(13,3)4/h7,9H,5-6,8,14H2,1-4H3. The molecule has 0 saturated carbocycles. The molecule has 96 valence electrons. The Morgan fingerprint density at radius 1 is 1.41 bits per heavy atom. The zero-order valence-electron chi connectivity index (χ0n) is 11.1. The minimum absolute atomic E-state index is 0.143. The topological polar surface area (TPSA) is 38.9 Å². The lowest BCUT2D eigenvalue weighted by molar-refractivity contribution is 0.175. The van der Waals surface area contributed by atoms with Crippen molar-refractivity contribution in [3.8, 4) is 0 Å². The summed E-state index contributed by atoms with van der Waals surface area (Å²) < 4.78 is 0. The van der Waals surface area contributed by atoms with Crippen LogP contribution in [0.3, 0.4) is 0 Å². The van der Waals surface area contributed by atoms with E-state index in [0.29, 0.717) is 5.92 Å². The molecule has 1 aliphatic heterocycles. The fraction of sp³-hybridized carbons (Fsp3) is 0.769. The molecule has 1 saturated heterocycles. The van der Waals surface area contributed by atoms with Crippen LogP contribution in [0, 0.1) is 5.41 Å². The van der Waals surface area contributed by atoms with Crippen molar-refractivity contribution in [2.45, 2.75) is 45.6 Å². The molecule has 1 atom stereocenters. The van der Waals surface area contributed by atoms with Gasteiger partial charge in [0.25, 0.3) is 0 Å². The van der Waals surface area contributed by atoms with Crippen molar-refractivity contribution in [2.75, 3.05) is 11.5 Å². The lowest BCUT2D eigenvalue weighted by Crippen LogP contribution is -2.54. The lowest BCUT2D eigenvalue weighted by Gasteiger charge is -2.46. The van der Waals surface area contributed by atoms with Gasteiger partial charge in [-0.15, -0.1) is 11.3 Å². The van der Waals surface area contributed by atoms with Gasteiger partial charge in [-0.1, -0.05) is 27.7 Å². The highest BCUT2D eigenvalue weighted by atomic mass is 32.2. The van der Waals surface area contributed by atoms with Crippen molar-refractivity contribution in [1.82, 2.24) is 4.98 Å². The molecular weight excluding hydrogens is 248 g/mol. The largest absolute Gasteiger partial charge is 0.318 e. The van der Waals surface area contributed by atoms with Gasteiger partial charge in [-0.2, -0.15) is 11.8 Å².